The quantitative estimate of drug-likeness (QED) is 0.517. The molecule has 0 amide bonds. The minimum absolute atomic E-state index is 0.362. The maximum absolute atomic E-state index is 8.91. The van der Waals surface area contributed by atoms with Gasteiger partial charge in [-0.1, -0.05) is 12.1 Å². The van der Waals surface area contributed by atoms with Crippen LogP contribution in [-0.4, -0.2) is 25.6 Å². The number of nitrogens with one attached hydrogen (secondary N) is 1. The maximum Gasteiger partial charge on any atom is 0.180 e. The number of para-hydroxylation sites is 1. The Labute approximate surface area is 67.7 Å². The predicted octanol–water partition coefficient (Wildman–Crippen LogP) is -0.0589. The van der Waals surface area contributed by atoms with Gasteiger partial charge in [-0.3, -0.25) is 0 Å². The smallest absolute Gasteiger partial charge is 0.180 e. The second-order valence-electron chi connectivity index (χ2n) is 2.41. The molecule has 5 heteroatoms. The van der Waals surface area contributed by atoms with Gasteiger partial charge in [-0.2, -0.15) is 15.4 Å². The number of aliphatic hydroxyl groups is 2. The molecule has 0 aliphatic heterocycles. The first kappa shape index (κ1) is 7.20. The van der Waals surface area contributed by atoms with Crippen LogP contribution < -0.4 is 0 Å². The third-order valence-corrected chi connectivity index (χ3v) is 1.66. The molecule has 0 bridgehead atoms. The van der Waals surface area contributed by atoms with E-state index < -0.39 is 6.29 Å². The van der Waals surface area contributed by atoms with E-state index in [4.69, 9.17) is 10.2 Å². The molecule has 0 radical (unpaired) electrons. The zero-order valence-corrected chi connectivity index (χ0v) is 6.10. The van der Waals surface area contributed by atoms with Crippen LogP contribution in [0.5, 0.6) is 0 Å². The summed E-state index contributed by atoms with van der Waals surface area (Å²) in [6.45, 7) is 0. The number of fused-ring (bicyclic) bond motifs is 1. The standard InChI is InChI=1S/C7H7N3O2/c11-7(12)4-2-1-3-5-6(4)9-10-8-5/h1-3,7,11-12H,(H,8,9,10). The molecule has 0 aliphatic rings. The number of aromatic nitrogens is 3. The van der Waals surface area contributed by atoms with Gasteiger partial charge in [0.05, 0.1) is 0 Å². The van der Waals surface area contributed by atoms with Gasteiger partial charge in [-0.25, -0.2) is 0 Å². The molecule has 2 aromatic rings. The van der Waals surface area contributed by atoms with Crippen LogP contribution >= 0.6 is 0 Å². The van der Waals surface area contributed by atoms with Crippen LogP contribution in [0.3, 0.4) is 0 Å². The Balaban J connectivity index is 2.73. The zero-order chi connectivity index (χ0) is 8.55. The average molecular weight is 165 g/mol. The van der Waals surface area contributed by atoms with Crippen molar-refractivity contribution in [2.75, 3.05) is 0 Å². The molecule has 1 heterocycles. The summed E-state index contributed by atoms with van der Waals surface area (Å²) in [4.78, 5) is 0. The van der Waals surface area contributed by atoms with Crippen molar-refractivity contribution in [1.82, 2.24) is 15.4 Å². The van der Waals surface area contributed by atoms with E-state index in [0.29, 0.717) is 16.6 Å². The third-order valence-electron chi connectivity index (χ3n) is 1.66. The van der Waals surface area contributed by atoms with E-state index in [0.717, 1.165) is 0 Å². The number of aromatic amines is 1. The highest BCUT2D eigenvalue weighted by Gasteiger charge is 2.09. The molecule has 0 aliphatic carbocycles. The Kier molecular flexibility index (Phi) is 1.53. The first-order valence-electron chi connectivity index (χ1n) is 3.44. The normalized spacial score (nSPS) is 11.2. The fourth-order valence-electron chi connectivity index (χ4n) is 1.10. The van der Waals surface area contributed by atoms with Crippen molar-refractivity contribution in [3.8, 4) is 0 Å². The highest BCUT2D eigenvalue weighted by atomic mass is 16.5. The van der Waals surface area contributed by atoms with Crippen molar-refractivity contribution in [2.45, 2.75) is 6.29 Å². The Morgan fingerprint density at radius 3 is 2.83 bits per heavy atom. The number of hydrogen-bond donors (Lipinski definition) is 3. The Bertz CT molecular complexity index is 396. The second kappa shape index (κ2) is 2.54. The monoisotopic (exact) mass is 165 g/mol. The Hall–Kier alpha value is -1.46. The van der Waals surface area contributed by atoms with Gasteiger partial charge in [0.1, 0.15) is 11.0 Å². The fraction of sp³-hybridized carbons (Fsp3) is 0.143. The molecule has 3 N–H and O–H groups in total. The van der Waals surface area contributed by atoms with Crippen molar-refractivity contribution in [3.63, 3.8) is 0 Å². The minimum Gasteiger partial charge on any atom is -0.364 e. The van der Waals surface area contributed by atoms with E-state index in [2.05, 4.69) is 15.4 Å². The van der Waals surface area contributed by atoms with Gasteiger partial charge in [0.15, 0.2) is 6.29 Å². The molecule has 2 rings (SSSR count). The lowest BCUT2D eigenvalue weighted by Crippen LogP contribution is -1.95. The zero-order valence-electron chi connectivity index (χ0n) is 6.10. The highest BCUT2D eigenvalue weighted by molar-refractivity contribution is 5.77. The van der Waals surface area contributed by atoms with E-state index in [-0.39, 0.29) is 0 Å². The van der Waals surface area contributed by atoms with Gasteiger partial charge < -0.3 is 10.2 Å². The van der Waals surface area contributed by atoms with Crippen LogP contribution in [0, 0.1) is 0 Å². The molecule has 1 aromatic carbocycles. The molecular formula is C7H7N3O2. The van der Waals surface area contributed by atoms with Gasteiger partial charge in [-0.05, 0) is 6.07 Å². The number of benzene rings is 1. The van der Waals surface area contributed by atoms with Crippen LogP contribution in [0.15, 0.2) is 18.2 Å². The summed E-state index contributed by atoms with van der Waals surface area (Å²) >= 11 is 0. The second-order valence-corrected chi connectivity index (χ2v) is 2.41. The number of aliphatic hydroxyl groups excluding tert-OH is 1. The first-order valence-corrected chi connectivity index (χ1v) is 3.44. The number of nitrogens with zero attached hydrogens (tertiary/aromatic N) is 2. The summed E-state index contributed by atoms with van der Waals surface area (Å²) in [5.41, 5.74) is 1.48. The summed E-state index contributed by atoms with van der Waals surface area (Å²) in [6, 6.07) is 5.03. The number of H-pyrrole nitrogens is 1. The van der Waals surface area contributed by atoms with Crippen LogP contribution in [-0.2, 0) is 0 Å². The SMILES string of the molecule is OC(O)c1cccc2n[nH]nc12. The van der Waals surface area contributed by atoms with Gasteiger partial charge >= 0.3 is 0 Å². The molecule has 5 nitrogen and oxygen atoms in total. The molecule has 0 spiro atoms. The molecule has 12 heavy (non-hydrogen) atoms. The van der Waals surface area contributed by atoms with Gasteiger partial charge in [-0.15, -0.1) is 0 Å². The third kappa shape index (κ3) is 0.956. The van der Waals surface area contributed by atoms with Crippen molar-refractivity contribution < 1.29 is 10.2 Å². The number of hydrogen-bond acceptors (Lipinski definition) is 4. The van der Waals surface area contributed by atoms with Crippen LogP contribution in [0.4, 0.5) is 0 Å². The lowest BCUT2D eigenvalue weighted by Gasteiger charge is -2.01. The van der Waals surface area contributed by atoms with Crippen molar-refractivity contribution in [1.29, 1.82) is 0 Å². The Morgan fingerprint density at radius 1 is 1.25 bits per heavy atom. The summed E-state index contributed by atoms with van der Waals surface area (Å²) in [5, 5.41) is 27.8. The summed E-state index contributed by atoms with van der Waals surface area (Å²) in [6.07, 6.45) is -1.50. The molecule has 1 aromatic heterocycles. The van der Waals surface area contributed by atoms with Crippen molar-refractivity contribution >= 4 is 11.0 Å². The van der Waals surface area contributed by atoms with Crippen molar-refractivity contribution in [3.05, 3.63) is 23.8 Å². The lowest BCUT2D eigenvalue weighted by atomic mass is 10.2. The molecule has 0 saturated carbocycles. The van der Waals surface area contributed by atoms with Crippen LogP contribution in [0.25, 0.3) is 11.0 Å². The highest BCUT2D eigenvalue weighted by Crippen LogP contribution is 2.18. The molecule has 62 valence electrons. The van der Waals surface area contributed by atoms with E-state index in [1.54, 1.807) is 18.2 Å². The van der Waals surface area contributed by atoms with Crippen LogP contribution in [0.1, 0.15) is 11.9 Å². The molecule has 0 atom stereocenters. The van der Waals surface area contributed by atoms with E-state index in [1.807, 2.05) is 0 Å². The molecular weight excluding hydrogens is 158 g/mol. The van der Waals surface area contributed by atoms with E-state index >= 15 is 0 Å². The van der Waals surface area contributed by atoms with Gasteiger partial charge in [0.2, 0.25) is 0 Å². The van der Waals surface area contributed by atoms with Crippen molar-refractivity contribution in [2.24, 2.45) is 0 Å². The Morgan fingerprint density at radius 2 is 2.08 bits per heavy atom. The largest absolute Gasteiger partial charge is 0.364 e. The fourth-order valence-corrected chi connectivity index (χ4v) is 1.10. The minimum atomic E-state index is -1.50. The number of rotatable bonds is 1. The summed E-state index contributed by atoms with van der Waals surface area (Å²) < 4.78 is 0. The van der Waals surface area contributed by atoms with E-state index in [1.165, 1.54) is 0 Å². The lowest BCUT2D eigenvalue weighted by molar-refractivity contribution is -0.0414. The van der Waals surface area contributed by atoms with Gasteiger partial charge in [0.25, 0.3) is 0 Å². The summed E-state index contributed by atoms with van der Waals surface area (Å²) in [7, 11) is 0. The van der Waals surface area contributed by atoms with E-state index in [9.17, 15) is 0 Å². The molecule has 0 saturated heterocycles. The van der Waals surface area contributed by atoms with Crippen LogP contribution in [0.2, 0.25) is 0 Å². The topological polar surface area (TPSA) is 82.0 Å². The predicted molar refractivity (Wildman–Crippen MR) is 41.1 cm³/mol. The molecule has 0 fully saturated rings. The van der Waals surface area contributed by atoms with Gasteiger partial charge in [0, 0.05) is 5.56 Å². The maximum atomic E-state index is 8.91. The molecule has 0 unspecified atom stereocenters. The first-order chi connectivity index (χ1) is 5.79. The summed E-state index contributed by atoms with van der Waals surface area (Å²) in [5.74, 6) is 0. The average Bonchev–Trinajstić information content (AvgIpc) is 2.49.